The van der Waals surface area contributed by atoms with Crippen LogP contribution in [0.3, 0.4) is 0 Å². The molecule has 3 aliphatic heterocycles. The molecule has 0 radical (unpaired) electrons. The van der Waals surface area contributed by atoms with Crippen molar-refractivity contribution in [3.8, 4) is 0 Å². The number of likely N-dealkylation sites (tertiary alicyclic amines) is 1. The number of amides is 1. The summed E-state index contributed by atoms with van der Waals surface area (Å²) in [5, 5.41) is 13.0. The summed E-state index contributed by atoms with van der Waals surface area (Å²) in [6, 6.07) is 0. The third-order valence-electron chi connectivity index (χ3n) is 6.18. The highest BCUT2D eigenvalue weighted by molar-refractivity contribution is 14.0. The van der Waals surface area contributed by atoms with Gasteiger partial charge >= 0.3 is 0 Å². The van der Waals surface area contributed by atoms with E-state index in [1.54, 1.807) is 0 Å². The molecule has 31 heavy (non-hydrogen) atoms. The second-order valence-corrected chi connectivity index (χ2v) is 8.42. The molecule has 1 amide bonds. The number of morpholine rings is 1. The fourth-order valence-corrected chi connectivity index (χ4v) is 4.27. The van der Waals surface area contributed by atoms with Gasteiger partial charge in [0, 0.05) is 65.4 Å². The summed E-state index contributed by atoms with van der Waals surface area (Å²) in [5.41, 5.74) is 0. The van der Waals surface area contributed by atoms with Crippen molar-refractivity contribution in [1.82, 2.24) is 24.9 Å². The molecule has 0 atom stereocenters. The highest BCUT2D eigenvalue weighted by atomic mass is 127. The molecule has 0 aromatic carbocycles. The molecule has 3 fully saturated rings. The number of carbonyl (C=O) groups excluding carboxylic acids is 1. The van der Waals surface area contributed by atoms with Gasteiger partial charge in [-0.1, -0.05) is 0 Å². The standard InChI is InChI=1S/C21H40N6O3.HI/c1-2-22-21(23-6-3-7-24-8-4-19(28)5-9-24)27-12-10-25(11-13-27)18-20(29)26-14-16-30-17-15-26;/h19,28H,2-18H2,1H3,(H,22,23);1H. The Morgan fingerprint density at radius 3 is 2.32 bits per heavy atom. The lowest BCUT2D eigenvalue weighted by atomic mass is 10.1. The van der Waals surface area contributed by atoms with E-state index in [0.29, 0.717) is 32.8 Å². The number of rotatable bonds is 7. The molecule has 0 bridgehead atoms. The van der Waals surface area contributed by atoms with E-state index in [4.69, 9.17) is 9.73 Å². The van der Waals surface area contributed by atoms with Crippen molar-refractivity contribution in [2.75, 3.05) is 91.8 Å². The third-order valence-corrected chi connectivity index (χ3v) is 6.18. The van der Waals surface area contributed by atoms with Crippen LogP contribution >= 0.6 is 24.0 Å². The van der Waals surface area contributed by atoms with Gasteiger partial charge in [0.15, 0.2) is 5.96 Å². The van der Waals surface area contributed by atoms with Crippen molar-refractivity contribution in [3.05, 3.63) is 0 Å². The fraction of sp³-hybridized carbons (Fsp3) is 0.905. The van der Waals surface area contributed by atoms with Crippen LogP contribution in [0.25, 0.3) is 0 Å². The topological polar surface area (TPSA) is 83.9 Å². The zero-order valence-corrected chi connectivity index (χ0v) is 21.3. The van der Waals surface area contributed by atoms with Crippen molar-refractivity contribution < 1.29 is 14.6 Å². The van der Waals surface area contributed by atoms with E-state index in [2.05, 4.69) is 26.9 Å². The van der Waals surface area contributed by atoms with Gasteiger partial charge in [0.05, 0.1) is 25.9 Å². The van der Waals surface area contributed by atoms with Gasteiger partial charge in [-0.2, -0.15) is 0 Å². The Labute approximate surface area is 204 Å². The largest absolute Gasteiger partial charge is 0.393 e. The van der Waals surface area contributed by atoms with E-state index in [9.17, 15) is 9.90 Å². The van der Waals surface area contributed by atoms with E-state index in [-0.39, 0.29) is 36.0 Å². The average molecular weight is 553 g/mol. The van der Waals surface area contributed by atoms with E-state index in [1.807, 2.05) is 4.90 Å². The molecular formula is C21H41IN6O3. The molecule has 0 unspecified atom stereocenters. The number of aliphatic hydroxyl groups excluding tert-OH is 1. The number of guanidine groups is 1. The number of hydrogen-bond acceptors (Lipinski definition) is 6. The first-order valence-corrected chi connectivity index (χ1v) is 11.7. The number of piperazine rings is 1. The highest BCUT2D eigenvalue weighted by Crippen LogP contribution is 2.10. The summed E-state index contributed by atoms with van der Waals surface area (Å²) in [6.45, 7) is 13.6. The first-order valence-electron chi connectivity index (χ1n) is 11.7. The number of carbonyl (C=O) groups is 1. The van der Waals surface area contributed by atoms with Crippen molar-refractivity contribution in [2.24, 2.45) is 4.99 Å². The van der Waals surface area contributed by atoms with E-state index >= 15 is 0 Å². The minimum atomic E-state index is -0.109. The van der Waals surface area contributed by atoms with Crippen LogP contribution < -0.4 is 5.32 Å². The van der Waals surface area contributed by atoms with E-state index in [1.165, 1.54) is 0 Å². The number of aliphatic imine (C=N–C) groups is 1. The van der Waals surface area contributed by atoms with Crippen LogP contribution in [0.15, 0.2) is 4.99 Å². The van der Waals surface area contributed by atoms with Crippen LogP contribution in [-0.4, -0.2) is 134 Å². The van der Waals surface area contributed by atoms with Gasteiger partial charge in [0.2, 0.25) is 5.91 Å². The molecule has 0 saturated carbocycles. The predicted octanol–water partition coefficient (Wildman–Crippen LogP) is -0.107. The Morgan fingerprint density at radius 1 is 1.00 bits per heavy atom. The summed E-state index contributed by atoms with van der Waals surface area (Å²) in [4.78, 5) is 26.2. The maximum atomic E-state index is 12.5. The summed E-state index contributed by atoms with van der Waals surface area (Å²) in [6.07, 6.45) is 2.72. The molecule has 9 nitrogen and oxygen atoms in total. The van der Waals surface area contributed by atoms with Gasteiger partial charge in [-0.15, -0.1) is 24.0 Å². The highest BCUT2D eigenvalue weighted by Gasteiger charge is 2.24. The zero-order valence-electron chi connectivity index (χ0n) is 19.0. The second kappa shape index (κ2) is 14.5. The first-order chi connectivity index (χ1) is 14.7. The SMILES string of the molecule is CCNC(=NCCCN1CCC(O)CC1)N1CCN(CC(=O)N2CCOCC2)CC1.I. The van der Waals surface area contributed by atoms with Gasteiger partial charge in [-0.05, 0) is 32.7 Å². The summed E-state index contributed by atoms with van der Waals surface area (Å²) in [7, 11) is 0. The van der Waals surface area contributed by atoms with Crippen LogP contribution in [-0.2, 0) is 9.53 Å². The normalized spacial score (nSPS) is 22.3. The zero-order chi connectivity index (χ0) is 21.2. The Morgan fingerprint density at radius 2 is 1.68 bits per heavy atom. The number of ether oxygens (including phenoxy) is 1. The molecule has 0 aromatic rings. The van der Waals surface area contributed by atoms with Gasteiger partial charge in [0.1, 0.15) is 0 Å². The lowest BCUT2D eigenvalue weighted by Crippen LogP contribution is -2.55. The molecular weight excluding hydrogens is 511 g/mol. The number of halogens is 1. The smallest absolute Gasteiger partial charge is 0.236 e. The number of nitrogens with one attached hydrogen (secondary N) is 1. The van der Waals surface area contributed by atoms with Crippen LogP contribution in [0.5, 0.6) is 0 Å². The third kappa shape index (κ3) is 8.99. The van der Waals surface area contributed by atoms with Crippen molar-refractivity contribution >= 4 is 35.8 Å². The maximum absolute atomic E-state index is 12.5. The molecule has 0 aliphatic carbocycles. The molecule has 3 heterocycles. The van der Waals surface area contributed by atoms with Crippen LogP contribution in [0.2, 0.25) is 0 Å². The molecule has 0 spiro atoms. The van der Waals surface area contributed by atoms with Gasteiger partial charge in [-0.3, -0.25) is 14.7 Å². The molecule has 2 N–H and O–H groups in total. The average Bonchev–Trinajstić information content (AvgIpc) is 2.78. The summed E-state index contributed by atoms with van der Waals surface area (Å²) >= 11 is 0. The van der Waals surface area contributed by atoms with Crippen molar-refractivity contribution in [2.45, 2.75) is 32.3 Å². The lowest BCUT2D eigenvalue weighted by Gasteiger charge is -2.37. The molecule has 0 aromatic heterocycles. The monoisotopic (exact) mass is 552 g/mol. The van der Waals surface area contributed by atoms with Gasteiger partial charge < -0.3 is 29.9 Å². The lowest BCUT2D eigenvalue weighted by molar-refractivity contribution is -0.136. The summed E-state index contributed by atoms with van der Waals surface area (Å²) in [5.74, 6) is 1.21. The van der Waals surface area contributed by atoms with Crippen molar-refractivity contribution in [1.29, 1.82) is 0 Å². The van der Waals surface area contributed by atoms with Crippen LogP contribution in [0, 0.1) is 0 Å². The Bertz CT molecular complexity index is 545. The first kappa shape index (κ1) is 26.6. The second-order valence-electron chi connectivity index (χ2n) is 8.42. The van der Waals surface area contributed by atoms with E-state index < -0.39 is 0 Å². The minimum absolute atomic E-state index is 0. The minimum Gasteiger partial charge on any atom is -0.393 e. The summed E-state index contributed by atoms with van der Waals surface area (Å²) < 4.78 is 5.34. The Hall–Kier alpha value is -0.690. The quantitative estimate of drug-likeness (QED) is 0.198. The van der Waals surface area contributed by atoms with Gasteiger partial charge in [-0.25, -0.2) is 0 Å². The van der Waals surface area contributed by atoms with Crippen LogP contribution in [0.4, 0.5) is 0 Å². The predicted molar refractivity (Wildman–Crippen MR) is 133 cm³/mol. The molecule has 3 rings (SSSR count). The number of aliphatic hydroxyl groups is 1. The fourth-order valence-electron chi connectivity index (χ4n) is 4.27. The molecule has 3 aliphatic rings. The van der Waals surface area contributed by atoms with Gasteiger partial charge in [0.25, 0.3) is 0 Å². The number of piperidine rings is 1. The van der Waals surface area contributed by atoms with E-state index in [0.717, 1.165) is 84.1 Å². The number of nitrogens with zero attached hydrogens (tertiary/aromatic N) is 5. The molecule has 180 valence electrons. The van der Waals surface area contributed by atoms with Crippen LogP contribution in [0.1, 0.15) is 26.2 Å². The Kier molecular flexibility index (Phi) is 12.4. The molecule has 10 heteroatoms. The van der Waals surface area contributed by atoms with Crippen molar-refractivity contribution in [3.63, 3.8) is 0 Å². The Balaban J connectivity index is 0.00000341. The maximum Gasteiger partial charge on any atom is 0.236 e. The molecule has 3 saturated heterocycles. The number of hydrogen-bond donors (Lipinski definition) is 2.